The number of nitrogens with one attached hydrogen (secondary N) is 1. The molecule has 0 saturated carbocycles. The van der Waals surface area contributed by atoms with Gasteiger partial charge < -0.3 is 5.32 Å². The lowest BCUT2D eigenvalue weighted by atomic mass is 10.0. The Morgan fingerprint density at radius 2 is 1.71 bits per heavy atom. The Balaban J connectivity index is 1.23. The van der Waals surface area contributed by atoms with Crippen LogP contribution in [0.5, 0.6) is 0 Å². The van der Waals surface area contributed by atoms with Crippen LogP contribution in [-0.2, 0) is 16.4 Å². The minimum atomic E-state index is -3.21. The van der Waals surface area contributed by atoms with E-state index >= 15 is 0 Å². The van der Waals surface area contributed by atoms with Crippen molar-refractivity contribution in [2.45, 2.75) is 30.3 Å². The molecule has 0 bridgehead atoms. The van der Waals surface area contributed by atoms with Gasteiger partial charge in [-0.3, -0.25) is 14.7 Å². The first-order valence-corrected chi connectivity index (χ1v) is 13.2. The van der Waals surface area contributed by atoms with Crippen molar-refractivity contribution >= 4 is 15.6 Å². The van der Waals surface area contributed by atoms with Gasteiger partial charge in [-0.1, -0.05) is 18.2 Å². The Morgan fingerprint density at radius 3 is 2.29 bits per heavy atom. The van der Waals surface area contributed by atoms with E-state index in [-0.39, 0.29) is 11.6 Å². The molecule has 178 valence electrons. The third kappa shape index (κ3) is 6.34. The molecule has 1 N–H and O–H groups in total. The molecule has 34 heavy (non-hydrogen) atoms. The molecule has 1 aromatic heterocycles. The van der Waals surface area contributed by atoms with Crippen molar-refractivity contribution in [1.29, 1.82) is 0 Å². The van der Waals surface area contributed by atoms with Gasteiger partial charge >= 0.3 is 0 Å². The zero-order chi connectivity index (χ0) is 24.1. The SMILES string of the molecule is CS(=O)(=O)c1ccc(-c2ccc(CNC3CCN(CC(=O)c4ccc(F)cc4)CC3)cn2)cc1. The van der Waals surface area contributed by atoms with Crippen molar-refractivity contribution in [1.82, 2.24) is 15.2 Å². The summed E-state index contributed by atoms with van der Waals surface area (Å²) in [4.78, 5) is 19.4. The molecule has 0 unspecified atom stereocenters. The number of pyridine rings is 1. The number of carbonyl (C=O) groups excluding carboxylic acids is 1. The van der Waals surface area contributed by atoms with Crippen molar-refractivity contribution in [2.75, 3.05) is 25.9 Å². The Labute approximate surface area is 199 Å². The largest absolute Gasteiger partial charge is 0.310 e. The van der Waals surface area contributed by atoms with E-state index in [2.05, 4.69) is 15.2 Å². The van der Waals surface area contributed by atoms with Crippen molar-refractivity contribution in [3.63, 3.8) is 0 Å². The predicted molar refractivity (Wildman–Crippen MR) is 130 cm³/mol. The van der Waals surface area contributed by atoms with Gasteiger partial charge in [0.2, 0.25) is 0 Å². The molecule has 0 aliphatic carbocycles. The summed E-state index contributed by atoms with van der Waals surface area (Å²) in [6.45, 7) is 2.74. The van der Waals surface area contributed by atoms with Crippen LogP contribution in [0.25, 0.3) is 11.3 Å². The van der Waals surface area contributed by atoms with E-state index in [1.165, 1.54) is 30.5 Å². The van der Waals surface area contributed by atoms with Gasteiger partial charge in [0, 0.05) is 49.3 Å². The van der Waals surface area contributed by atoms with Crippen LogP contribution in [0, 0.1) is 5.82 Å². The normalized spacial score (nSPS) is 15.4. The van der Waals surface area contributed by atoms with Gasteiger partial charge in [0.15, 0.2) is 15.6 Å². The molecule has 4 rings (SSSR count). The number of hydrogen-bond acceptors (Lipinski definition) is 6. The molecule has 3 aromatic rings. The summed E-state index contributed by atoms with van der Waals surface area (Å²) < 4.78 is 36.3. The molecular weight excluding hydrogens is 453 g/mol. The summed E-state index contributed by atoms with van der Waals surface area (Å²) in [5.74, 6) is -0.319. The van der Waals surface area contributed by atoms with E-state index in [0.29, 0.717) is 29.6 Å². The molecule has 6 nitrogen and oxygen atoms in total. The Hall–Kier alpha value is -2.94. The summed E-state index contributed by atoms with van der Waals surface area (Å²) in [5, 5.41) is 3.57. The van der Waals surface area contributed by atoms with Gasteiger partial charge in [-0.2, -0.15) is 0 Å². The Morgan fingerprint density at radius 1 is 1.03 bits per heavy atom. The van der Waals surface area contributed by atoms with E-state index < -0.39 is 9.84 Å². The molecule has 2 heterocycles. The van der Waals surface area contributed by atoms with Crippen LogP contribution in [0.15, 0.2) is 71.8 Å². The van der Waals surface area contributed by atoms with E-state index in [1.54, 1.807) is 24.3 Å². The number of hydrogen-bond donors (Lipinski definition) is 1. The van der Waals surface area contributed by atoms with Crippen molar-refractivity contribution in [2.24, 2.45) is 0 Å². The summed E-state index contributed by atoms with van der Waals surface area (Å²) >= 11 is 0. The number of benzene rings is 2. The molecule has 1 aliphatic rings. The van der Waals surface area contributed by atoms with Crippen molar-refractivity contribution in [3.05, 3.63) is 83.8 Å². The lowest BCUT2D eigenvalue weighted by Gasteiger charge is -2.32. The van der Waals surface area contributed by atoms with Crippen molar-refractivity contribution < 1.29 is 17.6 Å². The highest BCUT2D eigenvalue weighted by Crippen LogP contribution is 2.20. The molecule has 1 aliphatic heterocycles. The molecule has 8 heteroatoms. The molecule has 1 saturated heterocycles. The number of likely N-dealkylation sites (tertiary alicyclic amines) is 1. The highest BCUT2D eigenvalue weighted by Gasteiger charge is 2.21. The number of nitrogens with zero attached hydrogens (tertiary/aromatic N) is 2. The fraction of sp³-hybridized carbons (Fsp3) is 0.308. The molecule has 2 aromatic carbocycles. The predicted octanol–water partition coefficient (Wildman–Crippen LogP) is 3.73. The summed E-state index contributed by atoms with van der Waals surface area (Å²) in [7, 11) is -3.21. The second kappa shape index (κ2) is 10.5. The van der Waals surface area contributed by atoms with Crippen LogP contribution in [0.4, 0.5) is 4.39 Å². The smallest absolute Gasteiger partial charge is 0.176 e. The summed E-state index contributed by atoms with van der Waals surface area (Å²) in [6.07, 6.45) is 4.94. The first-order valence-electron chi connectivity index (χ1n) is 11.3. The van der Waals surface area contributed by atoms with Gasteiger partial charge in [0.1, 0.15) is 5.82 Å². The maximum atomic E-state index is 13.0. The third-order valence-corrected chi connectivity index (χ3v) is 7.25. The highest BCUT2D eigenvalue weighted by atomic mass is 32.2. The lowest BCUT2D eigenvalue weighted by Crippen LogP contribution is -2.44. The van der Waals surface area contributed by atoms with E-state index in [0.717, 1.165) is 42.8 Å². The second-order valence-electron chi connectivity index (χ2n) is 8.71. The fourth-order valence-corrected chi connectivity index (χ4v) is 4.69. The van der Waals surface area contributed by atoms with Gasteiger partial charge in [-0.15, -0.1) is 0 Å². The molecule has 0 radical (unpaired) electrons. The van der Waals surface area contributed by atoms with E-state index in [4.69, 9.17) is 0 Å². The molecule has 0 spiro atoms. The third-order valence-electron chi connectivity index (χ3n) is 6.12. The minimum absolute atomic E-state index is 0.0172. The zero-order valence-corrected chi connectivity index (χ0v) is 19.9. The van der Waals surface area contributed by atoms with Crippen LogP contribution in [-0.4, -0.2) is 56.0 Å². The van der Waals surface area contributed by atoms with Crippen LogP contribution < -0.4 is 5.32 Å². The van der Waals surface area contributed by atoms with E-state index in [1.807, 2.05) is 18.3 Å². The molecule has 1 fully saturated rings. The molecule has 0 atom stereocenters. The van der Waals surface area contributed by atoms with Gasteiger partial charge in [-0.25, -0.2) is 12.8 Å². The first-order chi connectivity index (χ1) is 16.3. The number of aromatic nitrogens is 1. The highest BCUT2D eigenvalue weighted by molar-refractivity contribution is 7.90. The number of piperidine rings is 1. The van der Waals surface area contributed by atoms with Crippen LogP contribution in [0.2, 0.25) is 0 Å². The zero-order valence-electron chi connectivity index (χ0n) is 19.1. The number of Topliss-reactive ketones (excluding diaryl/α,β-unsaturated/α-hetero) is 1. The second-order valence-corrected chi connectivity index (χ2v) is 10.7. The quantitative estimate of drug-likeness (QED) is 0.494. The summed E-state index contributed by atoms with van der Waals surface area (Å²) in [5.41, 5.74) is 3.28. The Kier molecular flexibility index (Phi) is 7.50. The van der Waals surface area contributed by atoms with Gasteiger partial charge in [0.05, 0.1) is 17.1 Å². The van der Waals surface area contributed by atoms with Gasteiger partial charge in [-0.05, 0) is 60.9 Å². The maximum Gasteiger partial charge on any atom is 0.176 e. The van der Waals surface area contributed by atoms with Crippen LogP contribution >= 0.6 is 0 Å². The fourth-order valence-electron chi connectivity index (χ4n) is 4.06. The standard InChI is InChI=1S/C26H28FN3O3S/c1-34(32,33)24-9-5-20(6-10-24)25-11-2-19(17-29-25)16-28-23-12-14-30(15-13-23)18-26(31)21-3-7-22(27)8-4-21/h2-11,17,23,28H,12-16,18H2,1H3. The van der Waals surface area contributed by atoms with Crippen LogP contribution in [0.3, 0.4) is 0 Å². The number of ketones is 1. The average molecular weight is 482 g/mol. The van der Waals surface area contributed by atoms with Gasteiger partial charge in [0.25, 0.3) is 0 Å². The number of rotatable bonds is 8. The topological polar surface area (TPSA) is 79.4 Å². The monoisotopic (exact) mass is 481 g/mol. The van der Waals surface area contributed by atoms with E-state index in [9.17, 15) is 17.6 Å². The minimum Gasteiger partial charge on any atom is -0.310 e. The van der Waals surface area contributed by atoms with Crippen LogP contribution in [0.1, 0.15) is 28.8 Å². The molecular formula is C26H28FN3O3S. The first kappa shape index (κ1) is 24.2. The number of halogens is 1. The lowest BCUT2D eigenvalue weighted by molar-refractivity contribution is 0.0904. The number of sulfone groups is 1. The Bertz CT molecular complexity index is 1220. The average Bonchev–Trinajstić information content (AvgIpc) is 2.84. The van der Waals surface area contributed by atoms with Crippen molar-refractivity contribution in [3.8, 4) is 11.3 Å². The number of carbonyl (C=O) groups is 1. The molecule has 0 amide bonds. The summed E-state index contributed by atoms with van der Waals surface area (Å²) in [6, 6.07) is 16.8. The maximum absolute atomic E-state index is 13.0.